The fraction of sp³-hybridized carbons (Fsp3) is 0.432. The summed E-state index contributed by atoms with van der Waals surface area (Å²) < 4.78 is 5.51. The molecule has 9 heteroatoms. The van der Waals surface area contributed by atoms with E-state index in [1.807, 2.05) is 30.3 Å². The molecule has 3 amide bonds. The minimum atomic E-state index is -1.17. The molecule has 248 valence electrons. The molecule has 3 aromatic rings. The molecule has 3 rings (SSSR count). The zero-order valence-corrected chi connectivity index (χ0v) is 27.5. The van der Waals surface area contributed by atoms with Crippen LogP contribution in [0.3, 0.4) is 0 Å². The van der Waals surface area contributed by atoms with Crippen LogP contribution in [0.5, 0.6) is 11.5 Å². The highest BCUT2D eigenvalue weighted by atomic mass is 16.6. The van der Waals surface area contributed by atoms with Crippen molar-refractivity contribution in [1.82, 2.24) is 15.5 Å². The molecule has 0 radical (unpaired) electrons. The Labute approximate surface area is 273 Å². The van der Waals surface area contributed by atoms with E-state index in [1.165, 1.54) is 23.1 Å². The zero-order valence-electron chi connectivity index (χ0n) is 27.5. The summed E-state index contributed by atoms with van der Waals surface area (Å²) in [4.78, 5) is 43.2. The van der Waals surface area contributed by atoms with Gasteiger partial charge in [0.15, 0.2) is 0 Å². The fourth-order valence-corrected chi connectivity index (χ4v) is 5.20. The van der Waals surface area contributed by atoms with Gasteiger partial charge in [-0.2, -0.15) is 0 Å². The normalized spacial score (nSPS) is 12.5. The highest BCUT2D eigenvalue weighted by molar-refractivity contribution is 5.92. The highest BCUT2D eigenvalue weighted by Gasteiger charge is 2.37. The minimum absolute atomic E-state index is 0.0751. The molecule has 0 heterocycles. The molecule has 2 atom stereocenters. The van der Waals surface area contributed by atoms with Gasteiger partial charge in [0.2, 0.25) is 11.8 Å². The van der Waals surface area contributed by atoms with E-state index >= 15 is 0 Å². The third-order valence-electron chi connectivity index (χ3n) is 7.50. The Morgan fingerprint density at radius 1 is 0.804 bits per heavy atom. The van der Waals surface area contributed by atoms with Gasteiger partial charge in [0, 0.05) is 25.1 Å². The van der Waals surface area contributed by atoms with E-state index in [-0.39, 0.29) is 36.6 Å². The van der Waals surface area contributed by atoms with Crippen molar-refractivity contribution in [3.05, 3.63) is 95.6 Å². The monoisotopic (exact) mass is 631 g/mol. The second-order valence-corrected chi connectivity index (χ2v) is 12.5. The number of nitrogens with one attached hydrogen (secondary N) is 2. The van der Waals surface area contributed by atoms with Gasteiger partial charge < -0.3 is 30.5 Å². The Balaban J connectivity index is 2.02. The van der Waals surface area contributed by atoms with Crippen LogP contribution in [-0.4, -0.2) is 51.2 Å². The minimum Gasteiger partial charge on any atom is -0.508 e. The number of unbranched alkanes of at least 4 members (excludes halogenated alkanes) is 5. The number of phenolic OH excluding ortho intramolecular Hbond substituents is 2. The van der Waals surface area contributed by atoms with E-state index in [9.17, 15) is 24.6 Å². The van der Waals surface area contributed by atoms with Crippen molar-refractivity contribution in [2.24, 2.45) is 0 Å². The number of benzene rings is 3. The van der Waals surface area contributed by atoms with Crippen LogP contribution in [0.2, 0.25) is 0 Å². The second-order valence-electron chi connectivity index (χ2n) is 12.5. The Kier molecular flexibility index (Phi) is 13.9. The molecular formula is C37H49N3O6. The van der Waals surface area contributed by atoms with Crippen LogP contribution in [0.1, 0.15) is 89.0 Å². The number of hydrogen-bond acceptors (Lipinski definition) is 6. The van der Waals surface area contributed by atoms with Gasteiger partial charge in [0.1, 0.15) is 29.2 Å². The van der Waals surface area contributed by atoms with E-state index in [1.54, 1.807) is 51.1 Å². The van der Waals surface area contributed by atoms with Crippen molar-refractivity contribution in [3.63, 3.8) is 0 Å². The lowest BCUT2D eigenvalue weighted by molar-refractivity contribution is -0.142. The van der Waals surface area contributed by atoms with Crippen LogP contribution in [0, 0.1) is 0 Å². The highest BCUT2D eigenvalue weighted by Crippen LogP contribution is 2.31. The molecule has 0 bridgehead atoms. The number of aromatic hydroxyl groups is 2. The molecule has 0 spiro atoms. The number of alkyl carbamates (subject to hydrolysis) is 1. The van der Waals surface area contributed by atoms with Gasteiger partial charge >= 0.3 is 6.09 Å². The number of carbonyl (C=O) groups is 3. The summed E-state index contributed by atoms with van der Waals surface area (Å²) in [7, 11) is 0. The smallest absolute Gasteiger partial charge is 0.408 e. The molecule has 0 aliphatic heterocycles. The van der Waals surface area contributed by atoms with Crippen molar-refractivity contribution in [2.45, 2.75) is 96.9 Å². The third-order valence-corrected chi connectivity index (χ3v) is 7.50. The average molecular weight is 632 g/mol. The largest absolute Gasteiger partial charge is 0.508 e. The predicted molar refractivity (Wildman–Crippen MR) is 179 cm³/mol. The number of rotatable bonds is 16. The van der Waals surface area contributed by atoms with E-state index in [2.05, 4.69) is 17.6 Å². The van der Waals surface area contributed by atoms with E-state index in [4.69, 9.17) is 4.74 Å². The van der Waals surface area contributed by atoms with Gasteiger partial charge in [-0.05, 0) is 56.5 Å². The maximum absolute atomic E-state index is 14.6. The van der Waals surface area contributed by atoms with Gasteiger partial charge in [-0.1, -0.05) is 99.7 Å². The Morgan fingerprint density at radius 2 is 1.43 bits per heavy atom. The molecule has 0 aliphatic carbocycles. The lowest BCUT2D eigenvalue weighted by atomic mass is 9.98. The van der Waals surface area contributed by atoms with Crippen LogP contribution in [-0.2, 0) is 27.3 Å². The van der Waals surface area contributed by atoms with Gasteiger partial charge in [-0.15, -0.1) is 0 Å². The number of amides is 3. The summed E-state index contributed by atoms with van der Waals surface area (Å²) in [6, 6.07) is 20.1. The summed E-state index contributed by atoms with van der Waals surface area (Å²) in [6.07, 6.45) is 5.10. The molecule has 2 unspecified atom stereocenters. The summed E-state index contributed by atoms with van der Waals surface area (Å²) >= 11 is 0. The third kappa shape index (κ3) is 11.8. The van der Waals surface area contributed by atoms with E-state index < -0.39 is 35.6 Å². The molecule has 0 aliphatic rings. The number of ether oxygens (including phenoxy) is 1. The fourth-order valence-electron chi connectivity index (χ4n) is 5.20. The van der Waals surface area contributed by atoms with Crippen LogP contribution >= 0.6 is 0 Å². The molecule has 46 heavy (non-hydrogen) atoms. The van der Waals surface area contributed by atoms with Gasteiger partial charge in [0.25, 0.3) is 0 Å². The topological polar surface area (TPSA) is 128 Å². The molecule has 4 N–H and O–H groups in total. The van der Waals surface area contributed by atoms with E-state index in [0.29, 0.717) is 12.0 Å². The number of phenols is 2. The Morgan fingerprint density at radius 3 is 2.09 bits per heavy atom. The van der Waals surface area contributed by atoms with Crippen LogP contribution in [0.4, 0.5) is 4.79 Å². The standard InChI is InChI=1S/C37H49N3O6/c1-5-6-7-8-9-15-24-40(33(30-18-13-14-19-32(30)42)34(43)38-26-28-16-11-10-12-17-28)35(44)31(39-36(45)46-37(2,3)4)25-27-20-22-29(41)23-21-27/h10-14,16-23,31,33,41-42H,5-9,15,24-26H2,1-4H3,(H,38,43)(H,39,45). The lowest BCUT2D eigenvalue weighted by Crippen LogP contribution is -2.54. The van der Waals surface area contributed by atoms with Crippen LogP contribution in [0.15, 0.2) is 78.9 Å². The quantitative estimate of drug-likeness (QED) is 0.129. The van der Waals surface area contributed by atoms with Crippen molar-refractivity contribution in [3.8, 4) is 11.5 Å². The van der Waals surface area contributed by atoms with Crippen LogP contribution < -0.4 is 10.6 Å². The van der Waals surface area contributed by atoms with Gasteiger partial charge in [-0.3, -0.25) is 9.59 Å². The first-order valence-corrected chi connectivity index (χ1v) is 16.2. The summed E-state index contributed by atoms with van der Waals surface area (Å²) in [6.45, 7) is 7.82. The van der Waals surface area contributed by atoms with Gasteiger partial charge in [0.05, 0.1) is 0 Å². The predicted octanol–water partition coefficient (Wildman–Crippen LogP) is 6.78. The summed E-state index contributed by atoms with van der Waals surface area (Å²) in [5.41, 5.74) is 1.06. The first kappa shape index (κ1) is 35.9. The molecule has 0 aromatic heterocycles. The molecule has 0 saturated carbocycles. The van der Waals surface area contributed by atoms with Crippen molar-refractivity contribution in [1.29, 1.82) is 0 Å². The molecular weight excluding hydrogens is 582 g/mol. The van der Waals surface area contributed by atoms with Gasteiger partial charge in [-0.25, -0.2) is 4.79 Å². The number of nitrogens with zero attached hydrogens (tertiary/aromatic N) is 1. The Hall–Kier alpha value is -4.53. The summed E-state index contributed by atoms with van der Waals surface area (Å²) in [5.74, 6) is -0.981. The van der Waals surface area contributed by atoms with Crippen molar-refractivity contribution >= 4 is 17.9 Å². The first-order chi connectivity index (χ1) is 22.0. The van der Waals surface area contributed by atoms with Crippen molar-refractivity contribution in [2.75, 3.05) is 6.54 Å². The number of carbonyl (C=O) groups excluding carboxylic acids is 3. The Bertz CT molecular complexity index is 1390. The molecule has 3 aromatic carbocycles. The zero-order chi connectivity index (χ0) is 33.5. The molecule has 9 nitrogen and oxygen atoms in total. The van der Waals surface area contributed by atoms with E-state index in [0.717, 1.165) is 37.7 Å². The number of para-hydroxylation sites is 1. The van der Waals surface area contributed by atoms with Crippen LogP contribution in [0.25, 0.3) is 0 Å². The molecule has 0 saturated heterocycles. The maximum Gasteiger partial charge on any atom is 0.408 e. The maximum atomic E-state index is 14.6. The SMILES string of the molecule is CCCCCCCCN(C(=O)C(Cc1ccc(O)cc1)NC(=O)OC(C)(C)C)C(C(=O)NCc1ccccc1)c1ccccc1O. The van der Waals surface area contributed by atoms with Crippen molar-refractivity contribution < 1.29 is 29.3 Å². The lowest BCUT2D eigenvalue weighted by Gasteiger charge is -2.35. The second kappa shape index (κ2) is 17.8. The first-order valence-electron chi connectivity index (χ1n) is 16.2. The average Bonchev–Trinajstić information content (AvgIpc) is 3.01. The number of hydrogen-bond donors (Lipinski definition) is 4. The molecule has 0 fully saturated rings. The summed E-state index contributed by atoms with van der Waals surface area (Å²) in [5, 5.41) is 26.5.